The molecule has 12 N–H and O–H groups in total. The van der Waals surface area contributed by atoms with Crippen LogP contribution in [0.4, 0.5) is 57.4 Å². The first kappa shape index (κ1) is 78.3. The second-order valence-corrected chi connectivity index (χ2v) is 24.3. The van der Waals surface area contributed by atoms with Crippen molar-refractivity contribution in [1.29, 1.82) is 0 Å². The van der Waals surface area contributed by atoms with Gasteiger partial charge in [-0.15, -0.1) is 0 Å². The zero-order valence-corrected chi connectivity index (χ0v) is 55.7. The smallest absolute Gasteiger partial charge is 0.422 e. The molecule has 1 spiro atoms. The number of hydrogen-bond donors (Lipinski definition) is 10. The molecule has 6 aromatic rings. The van der Waals surface area contributed by atoms with Gasteiger partial charge in [0.25, 0.3) is 17.7 Å². The molecular formula is C65H77F9N18O11. The summed E-state index contributed by atoms with van der Waals surface area (Å²) in [5.74, 6) is -2.42. The van der Waals surface area contributed by atoms with Gasteiger partial charge >= 0.3 is 48.5 Å². The molecule has 3 aromatic heterocycles. The van der Waals surface area contributed by atoms with Crippen molar-refractivity contribution in [3.05, 3.63) is 124 Å². The Hall–Kier alpha value is -10.4. The number of hydrogen-bond acceptors (Lipinski definition) is 24. The van der Waals surface area contributed by atoms with Gasteiger partial charge in [-0.25, -0.2) is 9.59 Å². The molecule has 4 bridgehead atoms. The molecule has 4 amide bonds. The third-order valence-corrected chi connectivity index (χ3v) is 15.6. The number of nitrogens with one attached hydrogen (secondary N) is 7. The minimum Gasteiger partial charge on any atom is -0.480 e. The number of ether oxygens (including phenoxy) is 4. The molecule has 0 radical (unpaired) electrons. The topological polar surface area (TPSA) is 412 Å². The van der Waals surface area contributed by atoms with E-state index in [0.29, 0.717) is 118 Å². The normalized spacial score (nSPS) is 15.6. The van der Waals surface area contributed by atoms with Gasteiger partial charge in [-0.2, -0.15) is 84.4 Å². The number of anilines is 3. The van der Waals surface area contributed by atoms with Crippen molar-refractivity contribution in [1.82, 2.24) is 66.1 Å². The maximum absolute atomic E-state index is 12.7. The molecule has 11 rings (SSSR count). The third-order valence-electron chi connectivity index (χ3n) is 15.6. The highest BCUT2D eigenvalue weighted by Gasteiger charge is 2.53. The lowest BCUT2D eigenvalue weighted by atomic mass is 10.1. The first-order valence-electron chi connectivity index (χ1n) is 32.9. The van der Waals surface area contributed by atoms with Crippen LogP contribution in [0.3, 0.4) is 0 Å². The average Bonchev–Trinajstić information content (AvgIpc) is 1.63. The standard InChI is InChI=1S/C23H29F3N6O4.C21H25F3N6O4.C21H23F3N6O3/c1-2-35-19(34)22(9-10-22)32-20-29-17(30-21(31-20)36-14-23(24,25)26)13-15-5-7-16(8-6-15)18(33)28-12-4-3-11-27;22-21(23,24)12-34-19-28-15(27-18(29-19)30-20(7-8-20)17(32)33)11-13-3-5-14(6-4-13)16(31)26-10-2-1-9-25;22-21(23,24)12-33-19-28-15-11-13-3-5-14(6-4-13)16(31)25-9-1-2-10-26-17(32)20(7-8-20)30-18(27-15)29-19/h5-8H,2-4,9-14,27H2,1H3,(H,28,33)(H,29,30,31,32);3-6H,1-2,7-12,25H2,(H,26,31)(H,32,33)(H,27,28,29,30);3-6H,1-2,7-12H2,(H,25,31)(H,26,32)(H,27,28,29,30). The molecule has 5 aliphatic rings. The molecule has 29 nitrogen and oxygen atoms in total. The fourth-order valence-electron chi connectivity index (χ4n) is 9.64. The van der Waals surface area contributed by atoms with Crippen molar-refractivity contribution in [2.24, 2.45) is 11.5 Å². The predicted molar refractivity (Wildman–Crippen MR) is 349 cm³/mol. The molecule has 0 unspecified atom stereocenters. The van der Waals surface area contributed by atoms with Gasteiger partial charge in [0.15, 0.2) is 19.8 Å². The molecule has 2 aliphatic heterocycles. The van der Waals surface area contributed by atoms with Gasteiger partial charge in [-0.1, -0.05) is 36.4 Å². The molecule has 3 saturated carbocycles. The molecule has 38 heteroatoms. The van der Waals surface area contributed by atoms with E-state index in [1.807, 2.05) is 0 Å². The summed E-state index contributed by atoms with van der Waals surface area (Å²) in [6, 6.07) is 18.4. The third kappa shape index (κ3) is 25.6. The Balaban J connectivity index is 0.000000196. The van der Waals surface area contributed by atoms with Crippen LogP contribution in [0.5, 0.6) is 18.0 Å². The van der Waals surface area contributed by atoms with Crippen LogP contribution in [0.1, 0.15) is 149 Å². The van der Waals surface area contributed by atoms with Crippen LogP contribution in [0.15, 0.2) is 72.8 Å². The van der Waals surface area contributed by atoms with Gasteiger partial charge in [0, 0.05) is 62.1 Å². The van der Waals surface area contributed by atoms with E-state index < -0.39 is 84.9 Å². The van der Waals surface area contributed by atoms with Crippen molar-refractivity contribution in [3.63, 3.8) is 0 Å². The average molecular weight is 1460 g/mol. The first-order valence-corrected chi connectivity index (χ1v) is 32.9. The van der Waals surface area contributed by atoms with Gasteiger partial charge in [0.2, 0.25) is 23.8 Å². The van der Waals surface area contributed by atoms with Gasteiger partial charge in [-0.3, -0.25) is 19.2 Å². The van der Waals surface area contributed by atoms with Crippen LogP contribution in [0.2, 0.25) is 0 Å². The van der Waals surface area contributed by atoms with Crippen LogP contribution in [0, 0.1) is 0 Å². The minimum absolute atomic E-state index is 0.0260. The summed E-state index contributed by atoms with van der Waals surface area (Å²) in [5.41, 5.74) is 11.2. The number of rotatable bonds is 27. The van der Waals surface area contributed by atoms with E-state index in [9.17, 15) is 73.4 Å². The molecule has 0 atom stereocenters. The molecule has 3 fully saturated rings. The summed E-state index contributed by atoms with van der Waals surface area (Å²) in [5, 5.41) is 29.1. The van der Waals surface area contributed by atoms with Crippen LogP contribution in [-0.4, -0.2) is 186 Å². The number of unbranched alkanes of at least 4 members (excludes halogenated alkanes) is 2. The first-order chi connectivity index (χ1) is 49.0. The highest BCUT2D eigenvalue weighted by Crippen LogP contribution is 2.41. The van der Waals surface area contributed by atoms with Gasteiger partial charge in [-0.05, 0) is 150 Å². The number of carboxylic acid groups (broad SMARTS) is 1. The number of alkyl halides is 9. The lowest BCUT2D eigenvalue weighted by Crippen LogP contribution is -2.42. The number of carboxylic acids is 1. The number of benzene rings is 3. The SMILES string of the molecule is CCOC(=O)C1(Nc2nc(Cc3ccc(C(=O)NCCCCN)cc3)nc(OCC(F)(F)F)n2)CC1.NCCCCNC(=O)c1ccc(Cc2nc(NC3(C(=O)O)CC3)nc(OCC(F)(F)F)n2)cc1.O=C1NCCCCNC(=O)C2(CC2)Nc2nc(nc(OCC(F)(F)F)n2)Cc2ccc1cc2. The molecular weight excluding hydrogens is 1380 g/mol. The maximum atomic E-state index is 12.7. The number of halogens is 9. The molecule has 3 aromatic carbocycles. The van der Waals surface area contributed by atoms with Crippen molar-refractivity contribution < 1.29 is 92.3 Å². The van der Waals surface area contributed by atoms with E-state index in [0.717, 1.165) is 31.2 Å². The van der Waals surface area contributed by atoms with E-state index in [-0.39, 0.29) is 84.8 Å². The lowest BCUT2D eigenvalue weighted by molar-refractivity contribution is -0.155. The minimum atomic E-state index is -4.60. The second-order valence-electron chi connectivity index (χ2n) is 24.3. The van der Waals surface area contributed by atoms with Crippen LogP contribution in [-0.2, 0) is 38.4 Å². The van der Waals surface area contributed by atoms with Crippen molar-refractivity contribution in [2.45, 2.75) is 138 Å². The summed E-state index contributed by atoms with van der Waals surface area (Å²) in [7, 11) is 0. The largest absolute Gasteiger partial charge is 0.480 e. The molecule has 0 saturated heterocycles. The molecule has 3 aliphatic carbocycles. The van der Waals surface area contributed by atoms with E-state index >= 15 is 0 Å². The summed E-state index contributed by atoms with van der Waals surface area (Å²) >= 11 is 0. The summed E-state index contributed by atoms with van der Waals surface area (Å²) in [4.78, 5) is 109. The van der Waals surface area contributed by atoms with E-state index in [1.165, 1.54) is 0 Å². The summed E-state index contributed by atoms with van der Waals surface area (Å²) in [6.45, 7) is 0.196. The summed E-state index contributed by atoms with van der Waals surface area (Å²) < 4.78 is 133. The zero-order valence-electron chi connectivity index (χ0n) is 55.7. The lowest BCUT2D eigenvalue weighted by Gasteiger charge is -2.18. The van der Waals surface area contributed by atoms with Crippen LogP contribution >= 0.6 is 0 Å². The highest BCUT2D eigenvalue weighted by molar-refractivity contribution is 5.95. The Morgan fingerprint density at radius 1 is 0.553 bits per heavy atom. The number of amides is 4. The number of nitrogens with two attached hydrogens (primary N) is 2. The number of aromatic nitrogens is 9. The number of nitrogens with zero attached hydrogens (tertiary/aromatic N) is 9. The van der Waals surface area contributed by atoms with Crippen LogP contribution in [0.25, 0.3) is 0 Å². The van der Waals surface area contributed by atoms with E-state index in [1.54, 1.807) is 79.7 Å². The molecule has 556 valence electrons. The number of carbonyl (C=O) groups excluding carboxylic acids is 5. The number of aliphatic carboxylic acids is 1. The molecule has 103 heavy (non-hydrogen) atoms. The Bertz CT molecular complexity index is 3870. The fraction of sp³-hybridized carbons (Fsp3) is 0.492. The fourth-order valence-corrected chi connectivity index (χ4v) is 9.64. The molecule has 5 heterocycles. The highest BCUT2D eigenvalue weighted by atomic mass is 19.4. The van der Waals surface area contributed by atoms with Crippen molar-refractivity contribution in [3.8, 4) is 18.0 Å². The Kier molecular flexibility index (Phi) is 27.0. The second kappa shape index (κ2) is 35.5. The number of carbonyl (C=O) groups is 6. The maximum Gasteiger partial charge on any atom is 0.422 e. The van der Waals surface area contributed by atoms with Gasteiger partial charge in [0.1, 0.15) is 34.1 Å². The monoisotopic (exact) mass is 1460 g/mol. The Morgan fingerprint density at radius 3 is 1.44 bits per heavy atom. The Morgan fingerprint density at radius 2 is 1.01 bits per heavy atom. The van der Waals surface area contributed by atoms with Crippen molar-refractivity contribution in [2.75, 3.05) is 81.6 Å². The van der Waals surface area contributed by atoms with E-state index in [2.05, 4.69) is 86.8 Å². The predicted octanol–water partition coefficient (Wildman–Crippen LogP) is 6.27. The number of esters is 1. The quantitative estimate of drug-likeness (QED) is 0.0154. The van der Waals surface area contributed by atoms with Crippen LogP contribution < -0.4 is 62.9 Å². The van der Waals surface area contributed by atoms with E-state index in [4.69, 9.17) is 25.7 Å². The summed E-state index contributed by atoms with van der Waals surface area (Å²) in [6.07, 6.45) is -6.10. The Labute approximate surface area is 583 Å². The zero-order chi connectivity index (χ0) is 74.4. The van der Waals surface area contributed by atoms with Gasteiger partial charge in [0.05, 0.1) is 6.61 Å². The van der Waals surface area contributed by atoms with Crippen molar-refractivity contribution >= 4 is 53.4 Å². The number of fused-ring (bicyclic) bond motifs is 9. The van der Waals surface area contributed by atoms with Gasteiger partial charge < -0.3 is 72.7 Å².